The molecule has 1 atom stereocenters. The second kappa shape index (κ2) is 6.30. The zero-order valence-electron chi connectivity index (χ0n) is 12.4. The van der Waals surface area contributed by atoms with Crippen molar-refractivity contribution in [2.24, 2.45) is 0 Å². The molecule has 0 N–H and O–H groups in total. The number of carbonyl (C=O) groups is 3. The van der Waals surface area contributed by atoms with Gasteiger partial charge in [-0.25, -0.2) is 0 Å². The Hall–Kier alpha value is -2.17. The van der Waals surface area contributed by atoms with Gasteiger partial charge in [-0.2, -0.15) is 0 Å². The first kappa shape index (κ1) is 14.8. The summed E-state index contributed by atoms with van der Waals surface area (Å²) in [5.41, 5.74) is 2.56. The van der Waals surface area contributed by atoms with Crippen molar-refractivity contribution in [3.05, 3.63) is 35.4 Å². The summed E-state index contributed by atoms with van der Waals surface area (Å²) in [6.07, 6.45) is 2.97. The van der Waals surface area contributed by atoms with Gasteiger partial charge in [-0.1, -0.05) is 24.3 Å². The van der Waals surface area contributed by atoms with Crippen molar-refractivity contribution in [3.8, 4) is 0 Å². The van der Waals surface area contributed by atoms with Crippen LogP contribution in [0, 0.1) is 0 Å². The summed E-state index contributed by atoms with van der Waals surface area (Å²) in [4.78, 5) is 36.0. The summed E-state index contributed by atoms with van der Waals surface area (Å²) < 4.78 is 5.49. The number of carbonyl (C=O) groups excluding carboxylic acids is 3. The Morgan fingerprint density at radius 2 is 1.77 bits per heavy atom. The number of rotatable bonds is 4. The van der Waals surface area contributed by atoms with E-state index in [0.717, 1.165) is 24.2 Å². The third-order valence-corrected chi connectivity index (χ3v) is 4.29. The summed E-state index contributed by atoms with van der Waals surface area (Å²) >= 11 is 0. The number of hydrogen-bond donors (Lipinski definition) is 0. The summed E-state index contributed by atoms with van der Waals surface area (Å²) in [6.45, 7) is 0.139. The van der Waals surface area contributed by atoms with Gasteiger partial charge in [-0.3, -0.25) is 19.3 Å². The van der Waals surface area contributed by atoms with Crippen LogP contribution in [-0.4, -0.2) is 35.3 Å². The van der Waals surface area contributed by atoms with Crippen molar-refractivity contribution in [1.82, 2.24) is 4.90 Å². The molecule has 0 bridgehead atoms. The highest BCUT2D eigenvalue weighted by molar-refractivity contribution is 6.02. The minimum atomic E-state index is -0.336. The van der Waals surface area contributed by atoms with E-state index in [1.165, 1.54) is 11.1 Å². The van der Waals surface area contributed by atoms with E-state index in [1.54, 1.807) is 0 Å². The van der Waals surface area contributed by atoms with Crippen LogP contribution in [0.3, 0.4) is 0 Å². The number of aryl methyl sites for hydroxylation is 1. The molecule has 2 amide bonds. The second-order valence-electron chi connectivity index (χ2n) is 5.81. The van der Waals surface area contributed by atoms with Crippen molar-refractivity contribution in [1.29, 1.82) is 0 Å². The minimum absolute atomic E-state index is 0.0790. The minimum Gasteiger partial charge on any atom is -0.462 e. The van der Waals surface area contributed by atoms with Gasteiger partial charge >= 0.3 is 5.97 Å². The topological polar surface area (TPSA) is 63.7 Å². The zero-order valence-corrected chi connectivity index (χ0v) is 12.4. The number of esters is 1. The van der Waals surface area contributed by atoms with E-state index in [9.17, 15) is 14.4 Å². The molecule has 22 heavy (non-hydrogen) atoms. The molecule has 0 unspecified atom stereocenters. The smallest absolute Gasteiger partial charge is 0.307 e. The molecule has 1 fully saturated rings. The molecule has 0 saturated carbocycles. The van der Waals surface area contributed by atoms with Gasteiger partial charge in [0.25, 0.3) is 0 Å². The van der Waals surface area contributed by atoms with Crippen LogP contribution in [0.4, 0.5) is 0 Å². The number of fused-ring (bicyclic) bond motifs is 1. The molecule has 5 heteroatoms. The molecule has 1 aliphatic heterocycles. The molecular formula is C17H19NO4. The number of hydrogen-bond acceptors (Lipinski definition) is 4. The monoisotopic (exact) mass is 301 g/mol. The van der Waals surface area contributed by atoms with E-state index in [2.05, 4.69) is 12.1 Å². The van der Waals surface area contributed by atoms with Crippen molar-refractivity contribution >= 4 is 17.8 Å². The average Bonchev–Trinajstić information content (AvgIpc) is 2.84. The van der Waals surface area contributed by atoms with Crippen LogP contribution in [-0.2, 0) is 32.0 Å². The number of amides is 2. The molecular weight excluding hydrogens is 282 g/mol. The predicted molar refractivity (Wildman–Crippen MR) is 78.9 cm³/mol. The fourth-order valence-electron chi connectivity index (χ4n) is 3.09. The van der Waals surface area contributed by atoms with Crippen LogP contribution < -0.4 is 0 Å². The summed E-state index contributed by atoms with van der Waals surface area (Å²) in [5.74, 6) is -0.717. The lowest BCUT2D eigenvalue weighted by atomic mass is 9.90. The maximum atomic E-state index is 11.9. The molecule has 1 aliphatic carbocycles. The molecule has 116 valence electrons. The standard InChI is InChI=1S/C17H19NO4/c19-15-7-8-16(20)18(15)10-9-17(21)22-14-6-5-12-3-1-2-4-13(12)11-14/h1-4,14H,5-11H2/t14-/m1/s1. The molecule has 5 nitrogen and oxygen atoms in total. The molecule has 3 rings (SSSR count). The van der Waals surface area contributed by atoms with Gasteiger partial charge in [0, 0.05) is 25.8 Å². The zero-order chi connectivity index (χ0) is 15.5. The Morgan fingerprint density at radius 3 is 2.50 bits per heavy atom. The normalized spacial score (nSPS) is 20.9. The SMILES string of the molecule is O=C(CCN1C(=O)CCC1=O)O[C@@H]1CCc2ccccc2C1. The van der Waals surface area contributed by atoms with Gasteiger partial charge in [-0.05, 0) is 24.0 Å². The number of likely N-dealkylation sites (tertiary alicyclic amines) is 1. The highest BCUT2D eigenvalue weighted by Gasteiger charge is 2.29. The first-order chi connectivity index (χ1) is 10.6. The summed E-state index contributed by atoms with van der Waals surface area (Å²) in [6, 6.07) is 8.19. The second-order valence-corrected chi connectivity index (χ2v) is 5.81. The quantitative estimate of drug-likeness (QED) is 0.626. The first-order valence-corrected chi connectivity index (χ1v) is 7.73. The maximum absolute atomic E-state index is 11.9. The predicted octanol–water partition coefficient (Wildman–Crippen LogP) is 1.63. The van der Waals surface area contributed by atoms with Crippen LogP contribution >= 0.6 is 0 Å². The lowest BCUT2D eigenvalue weighted by Gasteiger charge is -2.25. The van der Waals surface area contributed by atoms with E-state index in [1.807, 2.05) is 12.1 Å². The molecule has 1 heterocycles. The summed E-state index contributed by atoms with van der Waals surface area (Å²) in [7, 11) is 0. The van der Waals surface area contributed by atoms with E-state index >= 15 is 0 Å². The average molecular weight is 301 g/mol. The van der Waals surface area contributed by atoms with Gasteiger partial charge in [0.15, 0.2) is 0 Å². The largest absolute Gasteiger partial charge is 0.462 e. The van der Waals surface area contributed by atoms with Crippen LogP contribution in [0.25, 0.3) is 0 Å². The van der Waals surface area contributed by atoms with E-state index in [0.29, 0.717) is 0 Å². The number of nitrogens with zero attached hydrogens (tertiary/aromatic N) is 1. The van der Waals surface area contributed by atoms with Crippen LogP contribution in [0.5, 0.6) is 0 Å². The third kappa shape index (κ3) is 3.18. The Balaban J connectivity index is 1.49. The van der Waals surface area contributed by atoms with Crippen molar-refractivity contribution in [2.45, 2.75) is 44.6 Å². The summed E-state index contributed by atoms with van der Waals surface area (Å²) in [5, 5.41) is 0. The van der Waals surface area contributed by atoms with Gasteiger partial charge in [0.1, 0.15) is 6.10 Å². The molecule has 1 aromatic rings. The van der Waals surface area contributed by atoms with Crippen molar-refractivity contribution in [3.63, 3.8) is 0 Å². The fraction of sp³-hybridized carbons (Fsp3) is 0.471. The Morgan fingerprint density at radius 1 is 1.09 bits per heavy atom. The van der Waals surface area contributed by atoms with E-state index < -0.39 is 0 Å². The van der Waals surface area contributed by atoms with Crippen molar-refractivity contribution < 1.29 is 19.1 Å². The fourth-order valence-corrected chi connectivity index (χ4v) is 3.09. The van der Waals surface area contributed by atoms with Crippen LogP contribution in [0.15, 0.2) is 24.3 Å². The van der Waals surface area contributed by atoms with Gasteiger partial charge in [0.05, 0.1) is 6.42 Å². The number of benzene rings is 1. The van der Waals surface area contributed by atoms with Crippen LogP contribution in [0.2, 0.25) is 0 Å². The van der Waals surface area contributed by atoms with Crippen LogP contribution in [0.1, 0.15) is 36.8 Å². The maximum Gasteiger partial charge on any atom is 0.307 e. The molecule has 0 aromatic heterocycles. The molecule has 0 radical (unpaired) electrons. The van der Waals surface area contributed by atoms with Gasteiger partial charge in [0.2, 0.25) is 11.8 Å². The highest BCUT2D eigenvalue weighted by Crippen LogP contribution is 2.23. The Bertz CT molecular complexity index is 594. The molecule has 1 aromatic carbocycles. The first-order valence-electron chi connectivity index (χ1n) is 7.73. The van der Waals surface area contributed by atoms with Gasteiger partial charge in [-0.15, -0.1) is 0 Å². The lowest BCUT2D eigenvalue weighted by molar-refractivity contribution is -0.150. The Labute approximate surface area is 129 Å². The highest BCUT2D eigenvalue weighted by atomic mass is 16.5. The van der Waals surface area contributed by atoms with Crippen molar-refractivity contribution in [2.75, 3.05) is 6.54 Å². The molecule has 2 aliphatic rings. The Kier molecular flexibility index (Phi) is 4.22. The molecule has 0 spiro atoms. The van der Waals surface area contributed by atoms with Gasteiger partial charge < -0.3 is 4.74 Å². The number of imide groups is 1. The lowest BCUT2D eigenvalue weighted by Crippen LogP contribution is -2.33. The van der Waals surface area contributed by atoms with E-state index in [-0.39, 0.29) is 49.7 Å². The van der Waals surface area contributed by atoms with E-state index in [4.69, 9.17) is 4.74 Å². The number of ether oxygens (including phenoxy) is 1. The molecule has 1 saturated heterocycles. The third-order valence-electron chi connectivity index (χ3n) is 4.29.